The minimum absolute atomic E-state index is 0.00108. The topological polar surface area (TPSA) is 61.8 Å². The molecule has 3 rings (SSSR count). The Kier molecular flexibility index (Phi) is 7.55. The van der Waals surface area contributed by atoms with E-state index in [1.807, 2.05) is 0 Å². The average Bonchev–Trinajstić information content (AvgIpc) is 2.84. The molecule has 0 radical (unpaired) electrons. The number of carbonyl (C=O) groups is 2. The Hall–Kier alpha value is -4.44. The van der Waals surface area contributed by atoms with Crippen LogP contribution in [0.3, 0.4) is 0 Å². The number of rotatable bonds is 8. The van der Waals surface area contributed by atoms with E-state index < -0.39 is 24.4 Å². The van der Waals surface area contributed by atoms with E-state index in [0.29, 0.717) is 16.7 Å². The summed E-state index contributed by atoms with van der Waals surface area (Å²) in [5.74, 6) is 3.01. The van der Waals surface area contributed by atoms with Gasteiger partial charge >= 0.3 is 5.97 Å². The second-order valence-electron chi connectivity index (χ2n) is 6.60. The second-order valence-corrected chi connectivity index (χ2v) is 6.60. The van der Waals surface area contributed by atoms with Gasteiger partial charge in [0.15, 0.2) is 24.0 Å². The van der Waals surface area contributed by atoms with Crippen LogP contribution in [-0.4, -0.2) is 25.2 Å². The van der Waals surface area contributed by atoms with E-state index in [1.54, 1.807) is 30.3 Å². The first kappa shape index (κ1) is 23.2. The number of benzene rings is 3. The van der Waals surface area contributed by atoms with Gasteiger partial charge in [0.25, 0.3) is 0 Å². The molecule has 0 aliphatic carbocycles. The quantitative estimate of drug-likeness (QED) is 0.216. The van der Waals surface area contributed by atoms with Crippen LogP contribution in [0.4, 0.5) is 8.78 Å². The molecule has 0 bridgehead atoms. The van der Waals surface area contributed by atoms with Crippen LogP contribution in [0, 0.1) is 23.5 Å². The summed E-state index contributed by atoms with van der Waals surface area (Å²) in [7, 11) is 0. The Bertz CT molecular complexity index is 1280. The van der Waals surface area contributed by atoms with Crippen LogP contribution < -0.4 is 9.47 Å². The lowest BCUT2D eigenvalue weighted by Crippen LogP contribution is -2.07. The molecule has 0 aliphatic heterocycles. The first-order chi connectivity index (χ1) is 15.9. The molecule has 3 aromatic rings. The average molecular weight is 448 g/mol. The number of carbonyl (C=O) groups excluding carboxylic acids is 2. The molecule has 0 N–H and O–H groups in total. The molecule has 0 heterocycles. The Balaban J connectivity index is 1.77. The molecular weight excluding hydrogens is 430 g/mol. The van der Waals surface area contributed by atoms with Gasteiger partial charge in [0, 0.05) is 17.0 Å². The van der Waals surface area contributed by atoms with E-state index in [2.05, 4.69) is 25.0 Å². The number of hydrogen-bond donors (Lipinski definition) is 0. The van der Waals surface area contributed by atoms with Crippen LogP contribution in [-0.2, 0) is 14.3 Å². The standard InChI is InChI=1S/C26H18F2O5/c1-3-20(29)15-31-21-10-6-17(7-11-21)5-8-19-13-18-9-12-22(32-16-33-24(30)4-2)14-23(18)26(28)25(19)27/h3-4,6-7,9-14H,1-2,15-16H2. The monoisotopic (exact) mass is 448 g/mol. The summed E-state index contributed by atoms with van der Waals surface area (Å²) < 4.78 is 44.5. The van der Waals surface area contributed by atoms with Crippen molar-refractivity contribution >= 4 is 22.5 Å². The van der Waals surface area contributed by atoms with Crippen molar-refractivity contribution in [2.75, 3.05) is 13.4 Å². The van der Waals surface area contributed by atoms with Gasteiger partial charge in [-0.1, -0.05) is 31.1 Å². The number of esters is 1. The van der Waals surface area contributed by atoms with Gasteiger partial charge in [-0.2, -0.15) is 0 Å². The molecule has 0 atom stereocenters. The molecule has 7 heteroatoms. The van der Waals surface area contributed by atoms with Crippen molar-refractivity contribution in [1.82, 2.24) is 0 Å². The zero-order chi connectivity index (χ0) is 23.8. The lowest BCUT2D eigenvalue weighted by molar-refractivity contribution is -0.144. The molecule has 0 spiro atoms. The summed E-state index contributed by atoms with van der Waals surface area (Å²) in [5.41, 5.74) is 0.445. The second kappa shape index (κ2) is 10.7. The van der Waals surface area contributed by atoms with Crippen molar-refractivity contribution in [2.24, 2.45) is 0 Å². The zero-order valence-electron chi connectivity index (χ0n) is 17.4. The zero-order valence-corrected chi connectivity index (χ0v) is 17.4. The number of ether oxygens (including phenoxy) is 3. The summed E-state index contributed by atoms with van der Waals surface area (Å²) in [6.07, 6.45) is 2.15. The molecule has 0 amide bonds. The van der Waals surface area contributed by atoms with Gasteiger partial charge in [0.1, 0.15) is 11.5 Å². The summed E-state index contributed by atoms with van der Waals surface area (Å²) in [6, 6.07) is 12.3. The molecule has 0 aromatic heterocycles. The van der Waals surface area contributed by atoms with Crippen LogP contribution >= 0.6 is 0 Å². The SMILES string of the molecule is C=CC(=O)COc1ccc(C#Cc2cc3ccc(OCOC(=O)C=C)cc3c(F)c2F)cc1. The summed E-state index contributed by atoms with van der Waals surface area (Å²) in [4.78, 5) is 22.2. The molecule has 33 heavy (non-hydrogen) atoms. The number of ketones is 1. The van der Waals surface area contributed by atoms with E-state index in [0.717, 1.165) is 6.08 Å². The fourth-order valence-electron chi connectivity index (χ4n) is 2.69. The number of halogens is 2. The maximum absolute atomic E-state index is 14.7. The lowest BCUT2D eigenvalue weighted by atomic mass is 10.0. The van der Waals surface area contributed by atoms with Crippen LogP contribution in [0.2, 0.25) is 0 Å². The number of hydrogen-bond acceptors (Lipinski definition) is 5. The van der Waals surface area contributed by atoms with E-state index >= 15 is 0 Å². The van der Waals surface area contributed by atoms with Crippen molar-refractivity contribution in [3.05, 3.63) is 96.6 Å². The summed E-state index contributed by atoms with van der Waals surface area (Å²) in [6.45, 7) is 6.11. The predicted octanol–water partition coefficient (Wildman–Crippen LogP) is 4.72. The van der Waals surface area contributed by atoms with E-state index in [1.165, 1.54) is 24.3 Å². The molecule has 0 aliphatic rings. The van der Waals surface area contributed by atoms with Crippen molar-refractivity contribution in [3.63, 3.8) is 0 Å². The van der Waals surface area contributed by atoms with Gasteiger partial charge in [-0.05, 0) is 53.9 Å². The minimum Gasteiger partial charge on any atom is -0.485 e. The Morgan fingerprint density at radius 3 is 2.30 bits per heavy atom. The third-order valence-electron chi connectivity index (χ3n) is 4.39. The molecule has 3 aromatic carbocycles. The molecule has 0 saturated carbocycles. The lowest BCUT2D eigenvalue weighted by Gasteiger charge is -2.08. The molecule has 0 saturated heterocycles. The van der Waals surface area contributed by atoms with Crippen molar-refractivity contribution < 1.29 is 32.6 Å². The highest BCUT2D eigenvalue weighted by atomic mass is 19.2. The minimum atomic E-state index is -1.09. The van der Waals surface area contributed by atoms with Crippen LogP contribution in [0.5, 0.6) is 11.5 Å². The third-order valence-corrected chi connectivity index (χ3v) is 4.39. The maximum atomic E-state index is 14.7. The van der Waals surface area contributed by atoms with Crippen LogP contribution in [0.15, 0.2) is 73.8 Å². The van der Waals surface area contributed by atoms with Gasteiger partial charge < -0.3 is 14.2 Å². The van der Waals surface area contributed by atoms with Crippen molar-refractivity contribution in [2.45, 2.75) is 0 Å². The van der Waals surface area contributed by atoms with Gasteiger partial charge in [-0.3, -0.25) is 4.79 Å². The largest absolute Gasteiger partial charge is 0.485 e. The highest BCUT2D eigenvalue weighted by Crippen LogP contribution is 2.27. The Labute approximate surface area is 188 Å². The first-order valence-corrected chi connectivity index (χ1v) is 9.65. The molecule has 166 valence electrons. The molecule has 0 unspecified atom stereocenters. The highest BCUT2D eigenvalue weighted by Gasteiger charge is 2.13. The van der Waals surface area contributed by atoms with E-state index in [9.17, 15) is 18.4 Å². The summed E-state index contributed by atoms with van der Waals surface area (Å²) >= 11 is 0. The van der Waals surface area contributed by atoms with Gasteiger partial charge in [-0.25, -0.2) is 13.6 Å². The highest BCUT2D eigenvalue weighted by molar-refractivity contribution is 5.90. The molecular formula is C26H18F2O5. The Morgan fingerprint density at radius 1 is 0.879 bits per heavy atom. The smallest absolute Gasteiger partial charge is 0.333 e. The number of fused-ring (bicyclic) bond motifs is 1. The van der Waals surface area contributed by atoms with Crippen LogP contribution in [0.25, 0.3) is 10.8 Å². The van der Waals surface area contributed by atoms with Gasteiger partial charge in [0.05, 0.1) is 5.56 Å². The summed E-state index contributed by atoms with van der Waals surface area (Å²) in [5, 5.41) is 0.422. The van der Waals surface area contributed by atoms with Gasteiger partial charge in [-0.15, -0.1) is 0 Å². The fourth-order valence-corrected chi connectivity index (χ4v) is 2.69. The predicted molar refractivity (Wildman–Crippen MR) is 119 cm³/mol. The fraction of sp³-hybridized carbons (Fsp3) is 0.0769. The Morgan fingerprint density at radius 2 is 1.61 bits per heavy atom. The first-order valence-electron chi connectivity index (χ1n) is 9.65. The van der Waals surface area contributed by atoms with E-state index in [4.69, 9.17) is 14.2 Å². The molecule has 5 nitrogen and oxygen atoms in total. The van der Waals surface area contributed by atoms with Gasteiger partial charge in [0.2, 0.25) is 6.79 Å². The van der Waals surface area contributed by atoms with Crippen LogP contribution in [0.1, 0.15) is 11.1 Å². The van der Waals surface area contributed by atoms with Crippen molar-refractivity contribution in [1.29, 1.82) is 0 Å². The van der Waals surface area contributed by atoms with E-state index in [-0.39, 0.29) is 29.1 Å². The maximum Gasteiger partial charge on any atom is 0.333 e. The molecule has 0 fully saturated rings. The third kappa shape index (κ3) is 6.05. The van der Waals surface area contributed by atoms with Crippen molar-refractivity contribution in [3.8, 4) is 23.3 Å². The normalized spacial score (nSPS) is 10.0.